The Morgan fingerprint density at radius 3 is 2.69 bits per heavy atom. The van der Waals surface area contributed by atoms with Crippen molar-refractivity contribution in [1.29, 1.82) is 0 Å². The average molecular weight is 217 g/mol. The molecule has 0 aromatic carbocycles. The predicted octanol–water partition coefficient (Wildman–Crippen LogP) is 2.45. The quantitative estimate of drug-likeness (QED) is 0.780. The molecule has 3 heteroatoms. The van der Waals surface area contributed by atoms with E-state index in [1.165, 1.54) is 0 Å². The number of pyridine rings is 1. The highest BCUT2D eigenvalue weighted by molar-refractivity contribution is 6.09. The Labute approximate surface area is 95.2 Å². The molecule has 84 valence electrons. The standard InChI is InChI=1S/C13H15NO2/c1-8(2)16-13-9(3)12(15)11(13)10-6-4-5-7-14-10/h4-8,11H,1-3H3. The lowest BCUT2D eigenvalue weighted by Gasteiger charge is -2.30. The minimum atomic E-state index is -0.288. The second-order valence-electron chi connectivity index (χ2n) is 4.21. The van der Waals surface area contributed by atoms with Crippen molar-refractivity contribution in [1.82, 2.24) is 4.98 Å². The summed E-state index contributed by atoms with van der Waals surface area (Å²) in [6.45, 7) is 5.72. The minimum absolute atomic E-state index is 0.0873. The molecule has 0 fully saturated rings. The van der Waals surface area contributed by atoms with Crippen molar-refractivity contribution >= 4 is 5.78 Å². The average Bonchev–Trinajstić information content (AvgIpc) is 2.29. The van der Waals surface area contributed by atoms with Crippen LogP contribution in [0.5, 0.6) is 0 Å². The highest BCUT2D eigenvalue weighted by Crippen LogP contribution is 2.39. The van der Waals surface area contributed by atoms with Gasteiger partial charge in [-0.2, -0.15) is 0 Å². The third kappa shape index (κ3) is 1.73. The first-order valence-corrected chi connectivity index (χ1v) is 5.44. The molecule has 1 unspecified atom stereocenters. The van der Waals surface area contributed by atoms with Gasteiger partial charge in [-0.15, -0.1) is 0 Å². The number of allylic oxidation sites excluding steroid dienone is 2. The second-order valence-corrected chi connectivity index (χ2v) is 4.21. The normalized spacial score (nSPS) is 20.0. The summed E-state index contributed by atoms with van der Waals surface area (Å²) in [5.74, 6) is 0.608. The molecule has 0 spiro atoms. The van der Waals surface area contributed by atoms with E-state index >= 15 is 0 Å². The highest BCUT2D eigenvalue weighted by Gasteiger charge is 2.40. The summed E-state index contributed by atoms with van der Waals surface area (Å²) in [6, 6.07) is 5.58. The Morgan fingerprint density at radius 1 is 1.38 bits per heavy atom. The van der Waals surface area contributed by atoms with Crippen LogP contribution in [-0.2, 0) is 9.53 Å². The maximum atomic E-state index is 11.8. The molecule has 2 rings (SSSR count). The molecule has 1 heterocycles. The van der Waals surface area contributed by atoms with E-state index in [2.05, 4.69) is 4.98 Å². The monoisotopic (exact) mass is 217 g/mol. The molecule has 1 aliphatic rings. The summed E-state index contributed by atoms with van der Waals surface area (Å²) in [5, 5.41) is 0. The lowest BCUT2D eigenvalue weighted by molar-refractivity contribution is -0.120. The van der Waals surface area contributed by atoms with Crippen molar-refractivity contribution in [3.8, 4) is 0 Å². The van der Waals surface area contributed by atoms with Crippen LogP contribution in [0.2, 0.25) is 0 Å². The lowest BCUT2D eigenvalue weighted by atomic mass is 9.80. The van der Waals surface area contributed by atoms with Crippen molar-refractivity contribution in [2.75, 3.05) is 0 Å². The van der Waals surface area contributed by atoms with Crippen LogP contribution in [-0.4, -0.2) is 16.9 Å². The maximum absolute atomic E-state index is 11.8. The number of ether oxygens (including phenoxy) is 1. The molecule has 1 atom stereocenters. The third-order valence-electron chi connectivity index (χ3n) is 2.61. The van der Waals surface area contributed by atoms with Gasteiger partial charge in [0.05, 0.1) is 11.8 Å². The number of ketones is 1. The van der Waals surface area contributed by atoms with Crippen molar-refractivity contribution < 1.29 is 9.53 Å². The van der Waals surface area contributed by atoms with Gasteiger partial charge in [0.15, 0.2) is 5.78 Å². The molecular formula is C13H15NO2. The van der Waals surface area contributed by atoms with Crippen LogP contribution < -0.4 is 0 Å². The molecule has 0 amide bonds. The van der Waals surface area contributed by atoms with Gasteiger partial charge in [0.1, 0.15) is 11.7 Å². The van der Waals surface area contributed by atoms with E-state index in [1.54, 1.807) is 13.1 Å². The Kier molecular flexibility index (Phi) is 2.77. The van der Waals surface area contributed by atoms with Gasteiger partial charge in [-0.3, -0.25) is 9.78 Å². The van der Waals surface area contributed by atoms with Gasteiger partial charge in [0.2, 0.25) is 0 Å². The lowest BCUT2D eigenvalue weighted by Crippen LogP contribution is -2.31. The fraction of sp³-hybridized carbons (Fsp3) is 0.385. The zero-order valence-corrected chi connectivity index (χ0v) is 9.73. The molecule has 0 bridgehead atoms. The molecular weight excluding hydrogens is 202 g/mol. The van der Waals surface area contributed by atoms with E-state index in [-0.39, 0.29) is 17.8 Å². The summed E-state index contributed by atoms with van der Waals surface area (Å²) < 4.78 is 5.65. The second kappa shape index (κ2) is 4.08. The molecule has 3 nitrogen and oxygen atoms in total. The van der Waals surface area contributed by atoms with E-state index in [9.17, 15) is 4.79 Å². The summed E-state index contributed by atoms with van der Waals surface area (Å²) in [5.41, 5.74) is 1.50. The largest absolute Gasteiger partial charge is 0.494 e. The van der Waals surface area contributed by atoms with Gasteiger partial charge in [-0.05, 0) is 32.9 Å². The molecule has 0 saturated heterocycles. The maximum Gasteiger partial charge on any atom is 0.178 e. The van der Waals surface area contributed by atoms with Crippen LogP contribution in [0.15, 0.2) is 35.7 Å². The first-order valence-electron chi connectivity index (χ1n) is 5.44. The Bertz CT molecular complexity index is 435. The van der Waals surface area contributed by atoms with Crippen LogP contribution in [0.1, 0.15) is 32.4 Å². The fourth-order valence-corrected chi connectivity index (χ4v) is 1.82. The summed E-state index contributed by atoms with van der Waals surface area (Å²) in [4.78, 5) is 16.0. The molecule has 1 aliphatic carbocycles. The number of rotatable bonds is 3. The smallest absolute Gasteiger partial charge is 0.178 e. The zero-order chi connectivity index (χ0) is 11.7. The first-order chi connectivity index (χ1) is 7.61. The molecule has 0 N–H and O–H groups in total. The van der Waals surface area contributed by atoms with Crippen molar-refractivity contribution in [3.05, 3.63) is 41.4 Å². The van der Waals surface area contributed by atoms with E-state index in [0.717, 1.165) is 17.0 Å². The SMILES string of the molecule is CC1=C(OC(C)C)C(c2ccccn2)C1=O. The number of hydrogen-bond donors (Lipinski definition) is 0. The van der Waals surface area contributed by atoms with Crippen LogP contribution in [0, 0.1) is 0 Å². The molecule has 1 aromatic heterocycles. The molecule has 16 heavy (non-hydrogen) atoms. The Morgan fingerprint density at radius 2 is 2.12 bits per heavy atom. The minimum Gasteiger partial charge on any atom is -0.494 e. The summed E-state index contributed by atoms with van der Waals surface area (Å²) >= 11 is 0. The van der Waals surface area contributed by atoms with Crippen LogP contribution in [0.25, 0.3) is 0 Å². The number of Topliss-reactive ketones (excluding diaryl/α,β-unsaturated/α-hetero) is 1. The Hall–Kier alpha value is -1.64. The fourth-order valence-electron chi connectivity index (χ4n) is 1.82. The van der Waals surface area contributed by atoms with Gasteiger partial charge in [0, 0.05) is 11.8 Å². The van der Waals surface area contributed by atoms with Crippen LogP contribution in [0.3, 0.4) is 0 Å². The van der Waals surface area contributed by atoms with E-state index in [0.29, 0.717) is 0 Å². The number of nitrogens with zero attached hydrogens (tertiary/aromatic N) is 1. The zero-order valence-electron chi connectivity index (χ0n) is 9.73. The van der Waals surface area contributed by atoms with Crippen molar-refractivity contribution in [2.45, 2.75) is 32.8 Å². The Balaban J connectivity index is 2.28. The topological polar surface area (TPSA) is 39.2 Å². The van der Waals surface area contributed by atoms with Crippen LogP contribution in [0.4, 0.5) is 0 Å². The van der Waals surface area contributed by atoms with Gasteiger partial charge >= 0.3 is 0 Å². The summed E-state index contributed by atoms with van der Waals surface area (Å²) in [7, 11) is 0. The molecule has 0 radical (unpaired) electrons. The van der Waals surface area contributed by atoms with E-state index in [1.807, 2.05) is 32.0 Å². The molecule has 1 aromatic rings. The van der Waals surface area contributed by atoms with Gasteiger partial charge in [0.25, 0.3) is 0 Å². The first kappa shape index (κ1) is 10.9. The number of carbonyl (C=O) groups is 1. The van der Waals surface area contributed by atoms with Crippen molar-refractivity contribution in [2.24, 2.45) is 0 Å². The summed E-state index contributed by atoms with van der Waals surface area (Å²) in [6.07, 6.45) is 1.78. The van der Waals surface area contributed by atoms with E-state index < -0.39 is 0 Å². The van der Waals surface area contributed by atoms with E-state index in [4.69, 9.17) is 4.74 Å². The van der Waals surface area contributed by atoms with Gasteiger partial charge < -0.3 is 4.74 Å². The third-order valence-corrected chi connectivity index (χ3v) is 2.61. The molecule has 0 saturated carbocycles. The number of hydrogen-bond acceptors (Lipinski definition) is 3. The highest BCUT2D eigenvalue weighted by atomic mass is 16.5. The van der Waals surface area contributed by atoms with Crippen molar-refractivity contribution in [3.63, 3.8) is 0 Å². The molecule has 0 aliphatic heterocycles. The van der Waals surface area contributed by atoms with Crippen LogP contribution >= 0.6 is 0 Å². The predicted molar refractivity (Wildman–Crippen MR) is 60.9 cm³/mol. The number of aromatic nitrogens is 1. The number of carbonyl (C=O) groups excluding carboxylic acids is 1. The van der Waals surface area contributed by atoms with Gasteiger partial charge in [-0.1, -0.05) is 6.07 Å². The van der Waals surface area contributed by atoms with Gasteiger partial charge in [-0.25, -0.2) is 0 Å².